The molecule has 0 unspecified atom stereocenters. The molecule has 1 aliphatic heterocycles. The lowest BCUT2D eigenvalue weighted by Crippen LogP contribution is -2.48. The van der Waals surface area contributed by atoms with Crippen molar-refractivity contribution in [3.63, 3.8) is 0 Å². The number of nitrogens with zero attached hydrogens (tertiary/aromatic N) is 2. The molecule has 0 amide bonds. The second-order valence-electron chi connectivity index (χ2n) is 6.00. The van der Waals surface area contributed by atoms with Crippen LogP contribution in [-0.2, 0) is 16.6 Å². The normalized spacial score (nSPS) is 16.8. The molecule has 0 atom stereocenters. The van der Waals surface area contributed by atoms with Crippen molar-refractivity contribution in [1.82, 2.24) is 9.21 Å². The Hall–Kier alpha value is -0.530. The maximum Gasteiger partial charge on any atom is 0.244 e. The number of halogens is 4. The van der Waals surface area contributed by atoms with E-state index in [0.29, 0.717) is 31.2 Å². The molecule has 1 saturated heterocycles. The highest BCUT2D eigenvalue weighted by Gasteiger charge is 2.30. The lowest BCUT2D eigenvalue weighted by atomic mass is 10.2. The number of hydrogen-bond donors (Lipinski definition) is 0. The summed E-state index contributed by atoms with van der Waals surface area (Å²) in [6, 6.07) is 10.3. The van der Waals surface area contributed by atoms with E-state index in [-0.39, 0.29) is 20.0 Å². The van der Waals surface area contributed by atoms with Gasteiger partial charge >= 0.3 is 0 Å². The molecule has 2 aromatic carbocycles. The van der Waals surface area contributed by atoms with Gasteiger partial charge in [0.1, 0.15) is 4.90 Å². The first-order chi connectivity index (χ1) is 12.3. The third-order valence-electron chi connectivity index (χ3n) is 4.24. The fraction of sp³-hybridized carbons (Fsp3) is 0.294. The second kappa shape index (κ2) is 8.23. The summed E-state index contributed by atoms with van der Waals surface area (Å²) in [6.45, 7) is 2.76. The fourth-order valence-corrected chi connectivity index (χ4v) is 5.34. The van der Waals surface area contributed by atoms with Gasteiger partial charge in [0, 0.05) is 37.7 Å². The first kappa shape index (κ1) is 20.2. The molecule has 0 saturated carbocycles. The fourth-order valence-electron chi connectivity index (χ4n) is 2.82. The summed E-state index contributed by atoms with van der Waals surface area (Å²) in [7, 11) is -3.72. The molecular weight excluding hydrogens is 438 g/mol. The second-order valence-corrected chi connectivity index (χ2v) is 9.57. The van der Waals surface area contributed by atoms with Gasteiger partial charge in [0.2, 0.25) is 10.0 Å². The minimum absolute atomic E-state index is 0.0142. The van der Waals surface area contributed by atoms with Gasteiger partial charge in [-0.2, -0.15) is 4.31 Å². The van der Waals surface area contributed by atoms with E-state index in [2.05, 4.69) is 4.90 Å². The van der Waals surface area contributed by atoms with Crippen LogP contribution in [0.4, 0.5) is 0 Å². The van der Waals surface area contributed by atoms with E-state index in [9.17, 15) is 8.42 Å². The molecule has 0 aliphatic carbocycles. The average molecular weight is 454 g/mol. The first-order valence-corrected chi connectivity index (χ1v) is 10.8. The molecule has 0 bridgehead atoms. The molecule has 1 heterocycles. The smallest absolute Gasteiger partial charge is 0.244 e. The zero-order chi connectivity index (χ0) is 18.9. The Morgan fingerprint density at radius 3 is 2.00 bits per heavy atom. The number of piperazine rings is 1. The Morgan fingerprint density at radius 1 is 0.808 bits per heavy atom. The molecule has 26 heavy (non-hydrogen) atoms. The number of hydrogen-bond acceptors (Lipinski definition) is 3. The summed E-state index contributed by atoms with van der Waals surface area (Å²) in [5.74, 6) is 0. The van der Waals surface area contributed by atoms with E-state index in [1.807, 2.05) is 24.3 Å². The van der Waals surface area contributed by atoms with Gasteiger partial charge in [-0.15, -0.1) is 0 Å². The molecule has 9 heteroatoms. The van der Waals surface area contributed by atoms with Crippen LogP contribution in [-0.4, -0.2) is 43.8 Å². The van der Waals surface area contributed by atoms with Crippen molar-refractivity contribution < 1.29 is 8.42 Å². The van der Waals surface area contributed by atoms with Crippen LogP contribution >= 0.6 is 46.4 Å². The van der Waals surface area contributed by atoms with Gasteiger partial charge < -0.3 is 0 Å². The van der Waals surface area contributed by atoms with Crippen LogP contribution in [0, 0.1) is 0 Å². The van der Waals surface area contributed by atoms with Gasteiger partial charge in [0.25, 0.3) is 0 Å². The van der Waals surface area contributed by atoms with E-state index >= 15 is 0 Å². The number of sulfonamides is 1. The number of rotatable bonds is 4. The van der Waals surface area contributed by atoms with Crippen LogP contribution in [0.2, 0.25) is 20.1 Å². The molecule has 2 aromatic rings. The summed E-state index contributed by atoms with van der Waals surface area (Å²) in [4.78, 5) is 2.19. The summed E-state index contributed by atoms with van der Waals surface area (Å²) in [6.07, 6.45) is 0. The third kappa shape index (κ3) is 4.47. The lowest BCUT2D eigenvalue weighted by Gasteiger charge is -2.34. The van der Waals surface area contributed by atoms with Crippen LogP contribution in [0.15, 0.2) is 41.3 Å². The highest BCUT2D eigenvalue weighted by atomic mass is 35.5. The van der Waals surface area contributed by atoms with Gasteiger partial charge in [-0.25, -0.2) is 8.42 Å². The van der Waals surface area contributed by atoms with Crippen LogP contribution in [0.3, 0.4) is 0 Å². The topological polar surface area (TPSA) is 40.6 Å². The Bertz CT molecular complexity index is 896. The Kier molecular flexibility index (Phi) is 6.40. The van der Waals surface area contributed by atoms with Crippen molar-refractivity contribution in [2.75, 3.05) is 26.2 Å². The minimum Gasteiger partial charge on any atom is -0.296 e. The van der Waals surface area contributed by atoms with E-state index < -0.39 is 10.0 Å². The predicted octanol–water partition coefficient (Wildman–Crippen LogP) is 4.81. The van der Waals surface area contributed by atoms with Crippen molar-refractivity contribution >= 4 is 56.4 Å². The molecule has 140 valence electrons. The zero-order valence-electron chi connectivity index (χ0n) is 13.6. The average Bonchev–Trinajstić information content (AvgIpc) is 2.60. The van der Waals surface area contributed by atoms with Gasteiger partial charge in [-0.3, -0.25) is 4.90 Å². The van der Waals surface area contributed by atoms with Crippen molar-refractivity contribution in [3.8, 4) is 0 Å². The summed E-state index contributed by atoms with van der Waals surface area (Å²) in [5.41, 5.74) is 1.14. The van der Waals surface area contributed by atoms with Crippen molar-refractivity contribution in [2.24, 2.45) is 0 Å². The van der Waals surface area contributed by atoms with Crippen LogP contribution in [0.25, 0.3) is 0 Å². The highest BCUT2D eigenvalue weighted by molar-refractivity contribution is 7.89. The zero-order valence-corrected chi connectivity index (χ0v) is 17.5. The standard InChI is InChI=1S/C17H16Cl4N2O2S/c18-13-3-1-12(2-4-13)11-22-5-7-23(8-6-22)26(24,25)17-10-15(20)14(19)9-16(17)21/h1-4,9-10H,5-8,11H2. The minimum atomic E-state index is -3.72. The summed E-state index contributed by atoms with van der Waals surface area (Å²) < 4.78 is 27.2. The van der Waals surface area contributed by atoms with Gasteiger partial charge in [0.15, 0.2) is 0 Å². The van der Waals surface area contributed by atoms with Crippen molar-refractivity contribution in [1.29, 1.82) is 0 Å². The molecular formula is C17H16Cl4N2O2S. The van der Waals surface area contributed by atoms with Gasteiger partial charge in [0.05, 0.1) is 15.1 Å². The molecule has 0 radical (unpaired) electrons. The third-order valence-corrected chi connectivity index (χ3v) is 7.58. The van der Waals surface area contributed by atoms with Crippen LogP contribution in [0.1, 0.15) is 5.56 Å². The van der Waals surface area contributed by atoms with Gasteiger partial charge in [-0.1, -0.05) is 58.5 Å². The quantitative estimate of drug-likeness (QED) is 0.623. The Labute approximate surface area is 173 Å². The monoisotopic (exact) mass is 452 g/mol. The van der Waals surface area contributed by atoms with Gasteiger partial charge in [-0.05, 0) is 29.8 Å². The molecule has 0 spiro atoms. The van der Waals surface area contributed by atoms with E-state index in [4.69, 9.17) is 46.4 Å². The Morgan fingerprint density at radius 2 is 1.38 bits per heavy atom. The van der Waals surface area contributed by atoms with E-state index in [0.717, 1.165) is 12.1 Å². The van der Waals surface area contributed by atoms with Crippen molar-refractivity contribution in [3.05, 3.63) is 62.1 Å². The van der Waals surface area contributed by atoms with Crippen LogP contribution in [0.5, 0.6) is 0 Å². The molecule has 1 aliphatic rings. The maximum absolute atomic E-state index is 12.9. The van der Waals surface area contributed by atoms with E-state index in [1.54, 1.807) is 0 Å². The first-order valence-electron chi connectivity index (χ1n) is 7.89. The summed E-state index contributed by atoms with van der Waals surface area (Å²) in [5, 5.41) is 1.16. The Balaban J connectivity index is 1.69. The van der Waals surface area contributed by atoms with Crippen molar-refractivity contribution in [2.45, 2.75) is 11.4 Å². The predicted molar refractivity (Wildman–Crippen MR) is 107 cm³/mol. The summed E-state index contributed by atoms with van der Waals surface area (Å²) >= 11 is 23.8. The van der Waals surface area contributed by atoms with Crippen LogP contribution < -0.4 is 0 Å². The lowest BCUT2D eigenvalue weighted by molar-refractivity contribution is 0.181. The maximum atomic E-state index is 12.9. The molecule has 0 N–H and O–H groups in total. The number of benzene rings is 2. The molecule has 0 aromatic heterocycles. The highest BCUT2D eigenvalue weighted by Crippen LogP contribution is 2.33. The largest absolute Gasteiger partial charge is 0.296 e. The SMILES string of the molecule is O=S(=O)(c1cc(Cl)c(Cl)cc1Cl)N1CCN(Cc2ccc(Cl)cc2)CC1. The molecule has 1 fully saturated rings. The van der Waals surface area contributed by atoms with E-state index in [1.165, 1.54) is 16.4 Å². The molecule has 3 rings (SSSR count). The molecule has 4 nitrogen and oxygen atoms in total.